The summed E-state index contributed by atoms with van der Waals surface area (Å²) in [5.74, 6) is 0. The van der Waals surface area contributed by atoms with Crippen LogP contribution in [0.2, 0.25) is 5.02 Å². The minimum Gasteiger partial charge on any atom is -0.222 e. The van der Waals surface area contributed by atoms with Crippen LogP contribution in [0.4, 0.5) is 0 Å². The average molecular weight is 459 g/mol. The summed E-state index contributed by atoms with van der Waals surface area (Å²) in [6.07, 6.45) is 0. The first kappa shape index (κ1) is 22.3. The van der Waals surface area contributed by atoms with Crippen LogP contribution in [0.3, 0.4) is 0 Å². The van der Waals surface area contributed by atoms with Gasteiger partial charge < -0.3 is 0 Å². The summed E-state index contributed by atoms with van der Waals surface area (Å²) in [5, 5.41) is 0.758. The highest BCUT2D eigenvalue weighted by molar-refractivity contribution is 7.18. The second kappa shape index (κ2) is 10.1. The standard InChI is InChI=1S/C23H16ClS.ClHO4/c24-21-13-11-17(12-14-21)20-15-22(18-7-3-1-4-8-18)25-23(16-20)19-9-5-2-6-10-19;2-1(3,4)5/h1-16H;(H,2,3,4,5)/q+1;/p-1. The molecule has 0 aliphatic rings. The van der Waals surface area contributed by atoms with E-state index in [1.165, 1.54) is 32.0 Å². The molecule has 4 nitrogen and oxygen atoms in total. The van der Waals surface area contributed by atoms with E-state index in [1.54, 1.807) is 0 Å². The summed E-state index contributed by atoms with van der Waals surface area (Å²) in [7, 11) is -4.94. The van der Waals surface area contributed by atoms with E-state index in [0.29, 0.717) is 0 Å². The van der Waals surface area contributed by atoms with Gasteiger partial charge in [0.2, 0.25) is 21.1 Å². The monoisotopic (exact) mass is 458 g/mol. The van der Waals surface area contributed by atoms with Crippen LogP contribution < -0.4 is 18.6 Å². The molecule has 3 aromatic carbocycles. The normalized spacial score (nSPS) is 10.8. The van der Waals surface area contributed by atoms with E-state index < -0.39 is 10.2 Å². The predicted octanol–water partition coefficient (Wildman–Crippen LogP) is 2.93. The van der Waals surface area contributed by atoms with Crippen LogP contribution in [0.15, 0.2) is 97.1 Å². The molecule has 0 aliphatic heterocycles. The van der Waals surface area contributed by atoms with E-state index in [1.807, 2.05) is 23.5 Å². The van der Waals surface area contributed by atoms with Crippen molar-refractivity contribution in [1.29, 1.82) is 0 Å². The van der Waals surface area contributed by atoms with Crippen molar-refractivity contribution in [3.8, 4) is 32.0 Å². The number of rotatable bonds is 3. The Hall–Kier alpha value is -2.35. The predicted molar refractivity (Wildman–Crippen MR) is 110 cm³/mol. The van der Waals surface area contributed by atoms with Crippen LogP contribution in [0.25, 0.3) is 32.0 Å². The molecular weight excluding hydrogens is 443 g/mol. The molecule has 0 unspecified atom stereocenters. The molecule has 0 amide bonds. The Balaban J connectivity index is 0.000000461. The Morgan fingerprint density at radius 2 is 0.933 bits per heavy atom. The number of hydrogen-bond acceptors (Lipinski definition) is 4. The van der Waals surface area contributed by atoms with Gasteiger partial charge in [-0.05, 0) is 47.5 Å². The van der Waals surface area contributed by atoms with Crippen molar-refractivity contribution in [2.45, 2.75) is 0 Å². The third-order valence-electron chi connectivity index (χ3n) is 4.09. The molecule has 0 bridgehead atoms. The third-order valence-corrected chi connectivity index (χ3v) is 5.49. The number of halogens is 2. The second-order valence-corrected chi connectivity index (χ2v) is 8.47. The van der Waals surface area contributed by atoms with E-state index in [0.717, 1.165) is 5.02 Å². The average Bonchev–Trinajstić information content (AvgIpc) is 2.74. The summed E-state index contributed by atoms with van der Waals surface area (Å²) in [6, 6.07) is 33.6. The summed E-state index contributed by atoms with van der Waals surface area (Å²) >= 11 is 7.87. The molecule has 0 radical (unpaired) electrons. The minimum absolute atomic E-state index is 0.758. The van der Waals surface area contributed by atoms with Gasteiger partial charge in [0.25, 0.3) is 0 Å². The molecule has 7 heteroatoms. The lowest BCUT2D eigenvalue weighted by atomic mass is 10.0. The van der Waals surface area contributed by atoms with Crippen molar-refractivity contribution in [3.63, 3.8) is 0 Å². The van der Waals surface area contributed by atoms with Crippen LogP contribution in [0.5, 0.6) is 0 Å². The molecule has 0 saturated carbocycles. The highest BCUT2D eigenvalue weighted by Gasteiger charge is 2.18. The van der Waals surface area contributed by atoms with Gasteiger partial charge >= 0.3 is 0 Å². The van der Waals surface area contributed by atoms with Crippen molar-refractivity contribution in [1.82, 2.24) is 0 Å². The zero-order valence-corrected chi connectivity index (χ0v) is 17.9. The van der Waals surface area contributed by atoms with Gasteiger partial charge in [-0.3, -0.25) is 0 Å². The molecule has 4 rings (SSSR count). The van der Waals surface area contributed by atoms with Crippen molar-refractivity contribution in [2.75, 3.05) is 0 Å². The first-order valence-corrected chi connectivity index (χ1v) is 11.2. The molecule has 0 saturated heterocycles. The number of hydrogen-bond donors (Lipinski definition) is 0. The fourth-order valence-electron chi connectivity index (χ4n) is 2.80. The zero-order chi connectivity index (χ0) is 21.6. The highest BCUT2D eigenvalue weighted by Crippen LogP contribution is 2.37. The fraction of sp³-hybridized carbons (Fsp3) is 0. The lowest BCUT2D eigenvalue weighted by Gasteiger charge is -2.17. The maximum atomic E-state index is 8.49. The third kappa shape index (κ3) is 6.86. The molecule has 1 aromatic heterocycles. The van der Waals surface area contributed by atoms with Crippen LogP contribution in [-0.4, -0.2) is 0 Å². The Labute approximate surface area is 185 Å². The molecule has 30 heavy (non-hydrogen) atoms. The summed E-state index contributed by atoms with van der Waals surface area (Å²) in [4.78, 5) is 2.51. The van der Waals surface area contributed by atoms with E-state index in [9.17, 15) is 0 Å². The van der Waals surface area contributed by atoms with Crippen LogP contribution in [0.1, 0.15) is 0 Å². The molecule has 152 valence electrons. The number of benzene rings is 3. The maximum Gasteiger partial charge on any atom is 0.239 e. The van der Waals surface area contributed by atoms with Gasteiger partial charge in [0, 0.05) is 28.3 Å². The van der Waals surface area contributed by atoms with Crippen LogP contribution in [-0.2, 0) is 0 Å². The summed E-state index contributed by atoms with van der Waals surface area (Å²) in [6.45, 7) is 0. The Morgan fingerprint density at radius 1 is 0.533 bits per heavy atom. The van der Waals surface area contributed by atoms with Gasteiger partial charge in [0.1, 0.15) is 0 Å². The van der Waals surface area contributed by atoms with Gasteiger partial charge in [-0.1, -0.05) is 60.1 Å². The molecule has 4 aromatic rings. The maximum absolute atomic E-state index is 8.49. The van der Waals surface area contributed by atoms with E-state index in [2.05, 4.69) is 84.9 Å². The van der Waals surface area contributed by atoms with Gasteiger partial charge in [-0.2, -0.15) is 0 Å². The molecule has 0 N–H and O–H groups in total. The van der Waals surface area contributed by atoms with Gasteiger partial charge in [0.05, 0.1) is 0 Å². The van der Waals surface area contributed by atoms with E-state index in [4.69, 9.17) is 30.2 Å². The molecule has 0 spiro atoms. The van der Waals surface area contributed by atoms with Crippen LogP contribution in [0, 0.1) is 10.2 Å². The highest BCUT2D eigenvalue weighted by atomic mass is 35.7. The molecule has 0 atom stereocenters. The Bertz CT molecular complexity index is 1020. The zero-order valence-electron chi connectivity index (χ0n) is 15.5. The summed E-state index contributed by atoms with van der Waals surface area (Å²) in [5.41, 5.74) is 4.85. The molecule has 0 fully saturated rings. The van der Waals surface area contributed by atoms with Crippen molar-refractivity contribution < 1.29 is 28.9 Å². The van der Waals surface area contributed by atoms with Gasteiger partial charge in [0.15, 0.2) is 0 Å². The lowest BCUT2D eigenvalue weighted by Crippen LogP contribution is -2.68. The minimum atomic E-state index is -4.94. The molecule has 1 heterocycles. The first-order chi connectivity index (χ1) is 14.3. The Morgan fingerprint density at radius 3 is 1.33 bits per heavy atom. The largest absolute Gasteiger partial charge is 0.239 e. The van der Waals surface area contributed by atoms with Crippen molar-refractivity contribution >= 4 is 22.9 Å². The second-order valence-electron chi connectivity index (χ2n) is 6.19. The van der Waals surface area contributed by atoms with Crippen LogP contribution >= 0.6 is 22.9 Å². The molecule has 0 aliphatic carbocycles. The van der Waals surface area contributed by atoms with Gasteiger partial charge in [-0.25, -0.2) is 18.6 Å². The van der Waals surface area contributed by atoms with Crippen molar-refractivity contribution in [3.05, 3.63) is 102 Å². The first-order valence-electron chi connectivity index (χ1n) is 8.76. The van der Waals surface area contributed by atoms with E-state index in [-0.39, 0.29) is 0 Å². The van der Waals surface area contributed by atoms with Gasteiger partial charge in [-0.15, -0.1) is 10.2 Å². The lowest BCUT2D eigenvalue weighted by molar-refractivity contribution is -2.00. The van der Waals surface area contributed by atoms with Crippen molar-refractivity contribution in [2.24, 2.45) is 0 Å². The Kier molecular flexibility index (Phi) is 7.53. The summed E-state index contributed by atoms with van der Waals surface area (Å²) < 4.78 is 34.0. The quantitative estimate of drug-likeness (QED) is 0.441. The molecular formula is C23H16Cl2O4S. The smallest absolute Gasteiger partial charge is 0.222 e. The SMILES string of the molecule is Clc1ccc(-c2cc(-c3ccccc3)[s+]c(-c3ccccc3)c2)cc1.[O-][Cl+3]([O-])([O-])[O-]. The van der Waals surface area contributed by atoms with E-state index >= 15 is 0 Å². The topological polar surface area (TPSA) is 92.2 Å². The fourth-order valence-corrected chi connectivity index (χ4v) is 4.04.